The predicted octanol–water partition coefficient (Wildman–Crippen LogP) is 1.88. The Morgan fingerprint density at radius 2 is 2.35 bits per heavy atom. The van der Waals surface area contributed by atoms with Crippen molar-refractivity contribution >= 4 is 11.6 Å². The molecule has 8 heteroatoms. The molecule has 0 unspecified atom stereocenters. The molecule has 3 rings (SSSR count). The third kappa shape index (κ3) is 2.31. The number of anilines is 1. The first-order valence-corrected chi connectivity index (χ1v) is 6.50. The predicted molar refractivity (Wildman–Crippen MR) is 71.9 cm³/mol. The quantitative estimate of drug-likeness (QED) is 0.660. The first kappa shape index (κ1) is 12.5. The molecule has 1 aliphatic carbocycles. The van der Waals surface area contributed by atoms with Crippen LogP contribution in [-0.2, 0) is 0 Å². The van der Waals surface area contributed by atoms with Gasteiger partial charge in [-0.15, -0.1) is 0 Å². The van der Waals surface area contributed by atoms with Crippen LogP contribution >= 0.6 is 0 Å². The van der Waals surface area contributed by atoms with Gasteiger partial charge in [-0.1, -0.05) is 0 Å². The van der Waals surface area contributed by atoms with Crippen molar-refractivity contribution in [3.05, 3.63) is 34.3 Å². The van der Waals surface area contributed by atoms with Crippen LogP contribution in [0, 0.1) is 10.1 Å². The molecule has 1 fully saturated rings. The third-order valence-electron chi connectivity index (χ3n) is 3.10. The van der Waals surface area contributed by atoms with Gasteiger partial charge in [0.15, 0.2) is 0 Å². The van der Waals surface area contributed by atoms with Crippen molar-refractivity contribution in [3.63, 3.8) is 0 Å². The summed E-state index contributed by atoms with van der Waals surface area (Å²) >= 11 is 0. The Balaban J connectivity index is 2.03. The van der Waals surface area contributed by atoms with E-state index in [9.17, 15) is 10.1 Å². The summed E-state index contributed by atoms with van der Waals surface area (Å²) in [5.74, 6) is 1.04. The van der Waals surface area contributed by atoms with Gasteiger partial charge in [0.1, 0.15) is 6.20 Å². The lowest BCUT2D eigenvalue weighted by Gasteiger charge is -2.05. The van der Waals surface area contributed by atoms with Gasteiger partial charge >= 0.3 is 5.69 Å². The van der Waals surface area contributed by atoms with Crippen molar-refractivity contribution in [3.8, 4) is 5.82 Å². The monoisotopic (exact) mass is 274 g/mol. The molecule has 0 amide bonds. The maximum absolute atomic E-state index is 11.1. The summed E-state index contributed by atoms with van der Waals surface area (Å²) in [6, 6.07) is 1.89. The molecule has 0 radical (unpaired) electrons. The minimum absolute atomic E-state index is 0.155. The molecule has 0 saturated heterocycles. The fourth-order valence-corrected chi connectivity index (χ4v) is 1.96. The second kappa shape index (κ2) is 4.87. The number of rotatable bonds is 5. The van der Waals surface area contributed by atoms with Crippen LogP contribution < -0.4 is 5.32 Å². The van der Waals surface area contributed by atoms with Gasteiger partial charge in [0.25, 0.3) is 0 Å². The van der Waals surface area contributed by atoms with Crippen molar-refractivity contribution in [2.75, 3.05) is 11.9 Å². The van der Waals surface area contributed by atoms with E-state index in [1.165, 1.54) is 10.9 Å². The highest BCUT2D eigenvalue weighted by Crippen LogP contribution is 2.39. The SMILES string of the molecule is CCNc1ncc([N+](=O)[O-])c(-n2ccc(C3CC3)n2)n1. The lowest BCUT2D eigenvalue weighted by Crippen LogP contribution is -2.09. The second-order valence-corrected chi connectivity index (χ2v) is 4.65. The van der Waals surface area contributed by atoms with Gasteiger partial charge < -0.3 is 5.32 Å². The lowest BCUT2D eigenvalue weighted by molar-refractivity contribution is -0.385. The molecule has 0 atom stereocenters. The van der Waals surface area contributed by atoms with Crippen LogP contribution in [0.25, 0.3) is 5.82 Å². The standard InChI is InChI=1S/C12H14N6O2/c1-2-13-12-14-7-10(18(19)20)11(15-12)17-6-5-9(16-17)8-3-4-8/h5-8H,2-4H2,1H3,(H,13,14,15). The van der Waals surface area contributed by atoms with Gasteiger partial charge in [-0.3, -0.25) is 10.1 Å². The van der Waals surface area contributed by atoms with Gasteiger partial charge in [0.2, 0.25) is 11.8 Å². The molecule has 0 spiro atoms. The van der Waals surface area contributed by atoms with Crippen LogP contribution in [0.5, 0.6) is 0 Å². The highest BCUT2D eigenvalue weighted by atomic mass is 16.6. The molecule has 0 aliphatic heterocycles. The summed E-state index contributed by atoms with van der Waals surface area (Å²) < 4.78 is 1.45. The number of nitrogens with one attached hydrogen (secondary N) is 1. The van der Waals surface area contributed by atoms with Crippen LogP contribution in [-0.4, -0.2) is 31.2 Å². The van der Waals surface area contributed by atoms with E-state index >= 15 is 0 Å². The molecular weight excluding hydrogens is 260 g/mol. The third-order valence-corrected chi connectivity index (χ3v) is 3.10. The molecule has 1 saturated carbocycles. The number of nitro groups is 1. The average Bonchev–Trinajstić information content (AvgIpc) is 3.16. The van der Waals surface area contributed by atoms with E-state index in [1.807, 2.05) is 13.0 Å². The maximum atomic E-state index is 11.1. The first-order chi connectivity index (χ1) is 9.69. The molecule has 2 aromatic heterocycles. The lowest BCUT2D eigenvalue weighted by atomic mass is 10.3. The van der Waals surface area contributed by atoms with Gasteiger partial charge in [-0.05, 0) is 25.8 Å². The molecule has 2 heterocycles. The highest BCUT2D eigenvalue weighted by Gasteiger charge is 2.27. The van der Waals surface area contributed by atoms with E-state index in [0.717, 1.165) is 18.5 Å². The van der Waals surface area contributed by atoms with Crippen LogP contribution in [0.2, 0.25) is 0 Å². The van der Waals surface area contributed by atoms with Crippen LogP contribution in [0.4, 0.5) is 11.6 Å². The van der Waals surface area contributed by atoms with Crippen molar-refractivity contribution < 1.29 is 4.92 Å². The smallest absolute Gasteiger partial charge is 0.332 e. The molecule has 0 aromatic carbocycles. The van der Waals surface area contributed by atoms with Crippen LogP contribution in [0.15, 0.2) is 18.5 Å². The van der Waals surface area contributed by atoms with Gasteiger partial charge in [-0.2, -0.15) is 10.1 Å². The van der Waals surface area contributed by atoms with Gasteiger partial charge in [-0.25, -0.2) is 9.67 Å². The molecule has 1 N–H and O–H groups in total. The molecule has 2 aromatic rings. The van der Waals surface area contributed by atoms with E-state index in [-0.39, 0.29) is 11.5 Å². The van der Waals surface area contributed by atoms with E-state index < -0.39 is 4.92 Å². The highest BCUT2D eigenvalue weighted by molar-refractivity contribution is 5.48. The van der Waals surface area contributed by atoms with E-state index in [4.69, 9.17) is 0 Å². The molecular formula is C12H14N6O2. The van der Waals surface area contributed by atoms with Crippen LogP contribution in [0.3, 0.4) is 0 Å². The van der Waals surface area contributed by atoms with E-state index in [0.29, 0.717) is 18.4 Å². The summed E-state index contributed by atoms with van der Waals surface area (Å²) in [6.07, 6.45) is 5.18. The molecule has 104 valence electrons. The zero-order valence-electron chi connectivity index (χ0n) is 11.0. The Bertz CT molecular complexity index is 649. The fourth-order valence-electron chi connectivity index (χ4n) is 1.96. The molecule has 0 bridgehead atoms. The average molecular weight is 274 g/mol. The van der Waals surface area contributed by atoms with Gasteiger partial charge in [0, 0.05) is 18.7 Å². The van der Waals surface area contributed by atoms with Crippen LogP contribution in [0.1, 0.15) is 31.4 Å². The summed E-state index contributed by atoms with van der Waals surface area (Å²) in [5.41, 5.74) is 0.806. The summed E-state index contributed by atoms with van der Waals surface area (Å²) in [6.45, 7) is 2.55. The Kier molecular flexibility index (Phi) is 3.05. The van der Waals surface area contributed by atoms with Crippen molar-refractivity contribution in [2.24, 2.45) is 0 Å². The van der Waals surface area contributed by atoms with Crippen molar-refractivity contribution in [1.29, 1.82) is 0 Å². The zero-order chi connectivity index (χ0) is 14.1. The Morgan fingerprint density at radius 3 is 3.00 bits per heavy atom. The number of aromatic nitrogens is 4. The van der Waals surface area contributed by atoms with E-state index in [2.05, 4.69) is 20.4 Å². The Labute approximate surface area is 115 Å². The summed E-state index contributed by atoms with van der Waals surface area (Å²) in [7, 11) is 0. The normalized spacial score (nSPS) is 14.2. The summed E-state index contributed by atoms with van der Waals surface area (Å²) in [4.78, 5) is 18.7. The Hall–Kier alpha value is -2.51. The largest absolute Gasteiger partial charge is 0.354 e. The minimum atomic E-state index is -0.496. The van der Waals surface area contributed by atoms with E-state index in [1.54, 1.807) is 6.20 Å². The fraction of sp³-hybridized carbons (Fsp3) is 0.417. The molecule has 20 heavy (non-hydrogen) atoms. The summed E-state index contributed by atoms with van der Waals surface area (Å²) in [5, 5.41) is 18.4. The Morgan fingerprint density at radius 1 is 1.55 bits per heavy atom. The minimum Gasteiger partial charge on any atom is -0.354 e. The topological polar surface area (TPSA) is 98.8 Å². The number of nitrogens with zero attached hydrogens (tertiary/aromatic N) is 5. The number of hydrogen-bond acceptors (Lipinski definition) is 6. The van der Waals surface area contributed by atoms with Gasteiger partial charge in [0.05, 0.1) is 10.6 Å². The van der Waals surface area contributed by atoms with Crippen molar-refractivity contribution in [1.82, 2.24) is 19.7 Å². The number of hydrogen-bond donors (Lipinski definition) is 1. The van der Waals surface area contributed by atoms with Crippen molar-refractivity contribution in [2.45, 2.75) is 25.7 Å². The molecule has 1 aliphatic rings. The second-order valence-electron chi connectivity index (χ2n) is 4.65. The first-order valence-electron chi connectivity index (χ1n) is 6.50. The molecule has 8 nitrogen and oxygen atoms in total. The zero-order valence-corrected chi connectivity index (χ0v) is 11.0. The maximum Gasteiger partial charge on any atom is 0.332 e.